The highest BCUT2D eigenvalue weighted by Crippen LogP contribution is 2.25. The van der Waals surface area contributed by atoms with Crippen LogP contribution in [0.2, 0.25) is 0 Å². The number of pyridine rings is 2. The molecule has 0 saturated heterocycles. The lowest BCUT2D eigenvalue weighted by Crippen LogP contribution is -2.19. The molecule has 19 nitrogen and oxygen atoms in total. The number of anilines is 5. The van der Waals surface area contributed by atoms with Crippen LogP contribution in [-0.2, 0) is 45.2 Å². The van der Waals surface area contributed by atoms with Crippen molar-refractivity contribution in [3.63, 3.8) is 0 Å². The first-order valence-electron chi connectivity index (χ1n) is 25.3. The SMILES string of the molecule is C=CC(=O)NCc1ccc(C(=O)Cc2ccc(C)c(Nc3nccc(-c4cccnc4)n3)c2)cc1.C=CC(=O)NCc1ccc(OC=O)cc1.Cc1cc(N)cc(Nc2nccc(-c3cccnc3)n2)c1.NCc1ccc(OC=O)cc1. The van der Waals surface area contributed by atoms with Crippen LogP contribution in [0.5, 0.6) is 11.5 Å². The van der Waals surface area contributed by atoms with Gasteiger partial charge in [0.25, 0.3) is 12.9 Å². The summed E-state index contributed by atoms with van der Waals surface area (Å²) in [6, 6.07) is 44.1. The van der Waals surface area contributed by atoms with E-state index in [-0.39, 0.29) is 24.0 Å². The Morgan fingerprint density at radius 2 is 1.07 bits per heavy atom. The van der Waals surface area contributed by atoms with Gasteiger partial charge in [0.15, 0.2) is 5.78 Å². The van der Waals surface area contributed by atoms with E-state index in [9.17, 15) is 24.0 Å². The average molecular weight is 1100 g/mol. The minimum absolute atomic E-state index is 0.0105. The zero-order valence-electron chi connectivity index (χ0n) is 45.1. The summed E-state index contributed by atoms with van der Waals surface area (Å²) < 4.78 is 9.21. The summed E-state index contributed by atoms with van der Waals surface area (Å²) in [4.78, 5) is 80.8. The number of rotatable bonds is 20. The molecule has 0 unspecified atom stereocenters. The number of ether oxygens (including phenoxy) is 2. The number of nitrogens with two attached hydrogens (primary N) is 2. The molecule has 0 fully saturated rings. The zero-order chi connectivity index (χ0) is 58.5. The van der Waals surface area contributed by atoms with Gasteiger partial charge < -0.3 is 42.2 Å². The first kappa shape index (κ1) is 60.2. The third-order valence-corrected chi connectivity index (χ3v) is 11.5. The third-order valence-electron chi connectivity index (χ3n) is 11.5. The molecule has 19 heteroatoms. The molecule has 414 valence electrons. The predicted molar refractivity (Wildman–Crippen MR) is 317 cm³/mol. The van der Waals surface area contributed by atoms with E-state index in [1.807, 2.05) is 111 Å². The average Bonchev–Trinajstić information content (AvgIpc) is 3.65. The van der Waals surface area contributed by atoms with E-state index in [2.05, 4.69) is 73.8 Å². The van der Waals surface area contributed by atoms with Crippen LogP contribution in [0.1, 0.15) is 43.7 Å². The molecule has 0 aliphatic carbocycles. The Morgan fingerprint density at radius 3 is 1.55 bits per heavy atom. The van der Waals surface area contributed by atoms with Crippen molar-refractivity contribution in [2.45, 2.75) is 39.9 Å². The number of nitrogens with zero attached hydrogens (tertiary/aromatic N) is 6. The molecule has 0 bridgehead atoms. The van der Waals surface area contributed by atoms with Gasteiger partial charge in [0, 0.05) is 97.0 Å². The van der Waals surface area contributed by atoms with Gasteiger partial charge in [-0.3, -0.25) is 33.9 Å². The number of amides is 2. The summed E-state index contributed by atoms with van der Waals surface area (Å²) in [6.45, 7) is 12.8. The number of nitrogen functional groups attached to an aromatic ring is 1. The highest BCUT2D eigenvalue weighted by atomic mass is 16.5. The topological polar surface area (TPSA) is 281 Å². The Balaban J connectivity index is 0.000000194. The number of carbonyl (C=O) groups excluding carboxylic acids is 5. The predicted octanol–water partition coefficient (Wildman–Crippen LogP) is 9.70. The van der Waals surface area contributed by atoms with Gasteiger partial charge in [0.2, 0.25) is 23.7 Å². The Kier molecular flexibility index (Phi) is 23.5. The van der Waals surface area contributed by atoms with E-state index in [0.717, 1.165) is 67.3 Å². The molecule has 0 aliphatic rings. The lowest BCUT2D eigenvalue weighted by Gasteiger charge is -2.11. The maximum absolute atomic E-state index is 12.9. The van der Waals surface area contributed by atoms with Crippen molar-refractivity contribution in [3.8, 4) is 34.0 Å². The number of aromatic nitrogens is 6. The normalized spacial score (nSPS) is 9.99. The molecule has 82 heavy (non-hydrogen) atoms. The van der Waals surface area contributed by atoms with Crippen molar-refractivity contribution in [1.29, 1.82) is 0 Å². The highest BCUT2D eigenvalue weighted by molar-refractivity contribution is 5.97. The van der Waals surface area contributed by atoms with Crippen molar-refractivity contribution < 1.29 is 33.4 Å². The molecular formula is C63H60N12O7. The van der Waals surface area contributed by atoms with Crippen molar-refractivity contribution in [1.82, 2.24) is 40.5 Å². The molecule has 4 heterocycles. The Labute approximate surface area is 474 Å². The molecule has 5 aromatic carbocycles. The summed E-state index contributed by atoms with van der Waals surface area (Å²) in [7, 11) is 0. The number of nitrogens with one attached hydrogen (secondary N) is 4. The lowest BCUT2D eigenvalue weighted by molar-refractivity contribution is -0.121. The molecule has 8 N–H and O–H groups in total. The fourth-order valence-corrected chi connectivity index (χ4v) is 7.36. The molecule has 0 saturated carbocycles. The molecule has 0 radical (unpaired) electrons. The molecule has 0 atom stereocenters. The fraction of sp³-hybridized carbons (Fsp3) is 0.0952. The van der Waals surface area contributed by atoms with Crippen LogP contribution < -0.4 is 42.2 Å². The fourth-order valence-electron chi connectivity index (χ4n) is 7.36. The van der Waals surface area contributed by atoms with Crippen molar-refractivity contribution in [2.24, 2.45) is 5.73 Å². The van der Waals surface area contributed by atoms with E-state index in [4.69, 9.17) is 11.5 Å². The number of aryl methyl sites for hydroxylation is 2. The molecule has 4 aromatic heterocycles. The van der Waals surface area contributed by atoms with E-state index in [1.165, 1.54) is 12.2 Å². The lowest BCUT2D eigenvalue weighted by atomic mass is 10.00. The number of benzene rings is 5. The molecule has 2 amide bonds. The first-order valence-corrected chi connectivity index (χ1v) is 25.3. The van der Waals surface area contributed by atoms with Gasteiger partial charge in [-0.05, 0) is 144 Å². The summed E-state index contributed by atoms with van der Waals surface area (Å²) in [5.74, 6) is 1.57. The largest absolute Gasteiger partial charge is 0.429 e. The number of carbonyl (C=O) groups is 5. The number of ketones is 1. The summed E-state index contributed by atoms with van der Waals surface area (Å²) in [5, 5.41) is 11.8. The number of Topliss-reactive ketones (excluding diaryl/α,β-unsaturated/α-hetero) is 1. The molecular weight excluding hydrogens is 1040 g/mol. The van der Waals surface area contributed by atoms with Crippen LogP contribution in [0.4, 0.5) is 29.0 Å². The quantitative estimate of drug-likeness (QED) is 0.0179. The summed E-state index contributed by atoms with van der Waals surface area (Å²) in [6.07, 6.45) is 13.1. The van der Waals surface area contributed by atoms with Crippen LogP contribution in [0, 0.1) is 13.8 Å². The third kappa shape index (κ3) is 20.1. The van der Waals surface area contributed by atoms with E-state index < -0.39 is 0 Å². The van der Waals surface area contributed by atoms with Crippen LogP contribution in [0.3, 0.4) is 0 Å². The van der Waals surface area contributed by atoms with E-state index in [1.54, 1.807) is 85.7 Å². The summed E-state index contributed by atoms with van der Waals surface area (Å²) >= 11 is 0. The molecule has 9 aromatic rings. The number of hydrogen-bond donors (Lipinski definition) is 6. The van der Waals surface area contributed by atoms with Crippen molar-refractivity contribution >= 4 is 59.5 Å². The maximum Gasteiger partial charge on any atom is 0.298 e. The zero-order valence-corrected chi connectivity index (χ0v) is 45.1. The van der Waals surface area contributed by atoms with Gasteiger partial charge in [0.05, 0.1) is 11.4 Å². The maximum atomic E-state index is 12.9. The Bertz CT molecular complexity index is 3530. The van der Waals surface area contributed by atoms with Crippen molar-refractivity contribution in [3.05, 3.63) is 247 Å². The molecule has 0 aliphatic heterocycles. The van der Waals surface area contributed by atoms with Crippen LogP contribution in [0.15, 0.2) is 208 Å². The van der Waals surface area contributed by atoms with Crippen LogP contribution in [-0.4, -0.2) is 60.4 Å². The van der Waals surface area contributed by atoms with E-state index in [0.29, 0.717) is 67.2 Å². The Morgan fingerprint density at radius 1 is 0.573 bits per heavy atom. The monoisotopic (exact) mass is 1100 g/mol. The number of hydrogen-bond acceptors (Lipinski definition) is 17. The van der Waals surface area contributed by atoms with Gasteiger partial charge in [-0.15, -0.1) is 0 Å². The minimum Gasteiger partial charge on any atom is -0.429 e. The second-order valence-electron chi connectivity index (χ2n) is 17.6. The van der Waals surface area contributed by atoms with Crippen LogP contribution >= 0.6 is 0 Å². The molecule has 9 rings (SSSR count). The first-order chi connectivity index (χ1) is 39.8. The standard InChI is InChI=1S/C28H25N5O2.C16H15N5.C11H11NO3.C8H9NO2/c1-3-27(35)31-17-20-8-10-22(11-9-20)26(34)16-21-7-6-19(2)25(15-21)33-28-30-14-12-24(32-28)23-5-4-13-29-18-23;1-11-7-13(17)9-14(8-11)20-16-19-6-4-15(21-16)12-3-2-5-18-10-12;1-2-11(14)12-7-9-3-5-10(6-4-9)15-8-13;9-5-7-1-3-8(4-2-7)11-6-10/h3-15,18H,1,16-17H2,2H3,(H,31,35)(H,30,32,33);2-10H,17H2,1H3,(H,19,20,21);2-6,8H,1,7H2,(H,12,14);1-4,6H,5,9H2. The highest BCUT2D eigenvalue weighted by Gasteiger charge is 2.12. The second kappa shape index (κ2) is 32.0. The van der Waals surface area contributed by atoms with Crippen LogP contribution in [0.25, 0.3) is 22.5 Å². The van der Waals surface area contributed by atoms with Gasteiger partial charge >= 0.3 is 0 Å². The second-order valence-corrected chi connectivity index (χ2v) is 17.6. The summed E-state index contributed by atoms with van der Waals surface area (Å²) in [5.41, 5.74) is 23.5. The smallest absolute Gasteiger partial charge is 0.298 e. The van der Waals surface area contributed by atoms with Gasteiger partial charge in [0.1, 0.15) is 11.5 Å². The minimum atomic E-state index is -0.233. The van der Waals surface area contributed by atoms with Gasteiger partial charge in [-0.1, -0.05) is 73.8 Å². The molecule has 0 spiro atoms. The van der Waals surface area contributed by atoms with Crippen molar-refractivity contribution in [2.75, 3.05) is 16.4 Å². The van der Waals surface area contributed by atoms with Gasteiger partial charge in [-0.25, -0.2) is 19.9 Å². The van der Waals surface area contributed by atoms with Gasteiger partial charge in [-0.2, -0.15) is 0 Å². The van der Waals surface area contributed by atoms with E-state index >= 15 is 0 Å². The Hall–Kier alpha value is -11.1.